The number of thiophene rings is 1. The molecule has 6 rings (SSSR count). The second-order valence-corrected chi connectivity index (χ2v) is 9.49. The topological polar surface area (TPSA) is 22.1 Å². The van der Waals surface area contributed by atoms with E-state index >= 15 is 0 Å². The maximum Gasteiger partial charge on any atom is 0.125 e. The summed E-state index contributed by atoms with van der Waals surface area (Å²) in [5, 5.41) is 1.41. The Morgan fingerprint density at radius 3 is 2.63 bits per heavy atom. The molecule has 0 spiro atoms. The third-order valence-electron chi connectivity index (χ3n) is 6.56. The molecule has 0 saturated heterocycles. The van der Waals surface area contributed by atoms with E-state index < -0.39 is 0 Å². The first-order valence-electron chi connectivity index (χ1n) is 10.4. The van der Waals surface area contributed by atoms with E-state index in [0.29, 0.717) is 0 Å². The number of pyridine rings is 1. The van der Waals surface area contributed by atoms with E-state index in [1.165, 1.54) is 63.0 Å². The molecule has 2 aromatic heterocycles. The minimum absolute atomic E-state index is 0. The Morgan fingerprint density at radius 1 is 1.03 bits per heavy atom. The molecule has 4 aromatic rings. The second-order valence-electron chi connectivity index (χ2n) is 8.41. The van der Waals surface area contributed by atoms with Crippen molar-refractivity contribution in [3.63, 3.8) is 0 Å². The van der Waals surface area contributed by atoms with Gasteiger partial charge in [0.15, 0.2) is 0 Å². The van der Waals surface area contributed by atoms with Crippen molar-refractivity contribution >= 4 is 34.0 Å². The van der Waals surface area contributed by atoms with Crippen LogP contribution in [0.3, 0.4) is 0 Å². The first kappa shape index (κ1) is 19.6. The van der Waals surface area contributed by atoms with Crippen LogP contribution in [0.5, 0.6) is 5.75 Å². The van der Waals surface area contributed by atoms with Crippen LogP contribution < -0.4 is 4.74 Å². The Balaban J connectivity index is 0.00000193. The molecule has 2 aromatic carbocycles. The van der Waals surface area contributed by atoms with Gasteiger partial charge < -0.3 is 4.74 Å². The number of benzene rings is 2. The molecule has 4 heteroatoms. The molecule has 0 aliphatic heterocycles. The molecular weight excluding hydrogens is 410 g/mol. The highest BCUT2D eigenvalue weighted by molar-refractivity contribution is 7.19. The van der Waals surface area contributed by atoms with Crippen molar-refractivity contribution in [2.75, 3.05) is 7.11 Å². The molecule has 0 saturated carbocycles. The minimum atomic E-state index is 0. The Labute approximate surface area is 187 Å². The van der Waals surface area contributed by atoms with E-state index in [4.69, 9.17) is 9.72 Å². The van der Waals surface area contributed by atoms with Gasteiger partial charge in [0, 0.05) is 22.2 Å². The zero-order valence-electron chi connectivity index (χ0n) is 17.2. The summed E-state index contributed by atoms with van der Waals surface area (Å²) in [5.41, 5.74) is 9.51. The summed E-state index contributed by atoms with van der Waals surface area (Å²) in [7, 11) is 1.73. The lowest BCUT2D eigenvalue weighted by Crippen LogP contribution is -2.08. The molecule has 2 aliphatic rings. The number of aromatic nitrogens is 1. The fourth-order valence-electron chi connectivity index (χ4n) is 5.08. The summed E-state index contributed by atoms with van der Waals surface area (Å²) in [6.45, 7) is 2.38. The predicted molar refractivity (Wildman–Crippen MR) is 128 cm³/mol. The Bertz CT molecular complexity index is 1260. The van der Waals surface area contributed by atoms with Gasteiger partial charge in [0.1, 0.15) is 10.6 Å². The minimum Gasteiger partial charge on any atom is -0.497 e. The second kappa shape index (κ2) is 7.40. The molecule has 152 valence electrons. The molecule has 30 heavy (non-hydrogen) atoms. The van der Waals surface area contributed by atoms with Crippen molar-refractivity contribution in [3.05, 3.63) is 70.1 Å². The van der Waals surface area contributed by atoms with Crippen molar-refractivity contribution < 1.29 is 4.74 Å². The van der Waals surface area contributed by atoms with Crippen molar-refractivity contribution in [1.29, 1.82) is 0 Å². The van der Waals surface area contributed by atoms with Gasteiger partial charge in [-0.15, -0.1) is 23.7 Å². The number of hydrogen-bond acceptors (Lipinski definition) is 3. The highest BCUT2D eigenvalue weighted by Crippen LogP contribution is 2.48. The van der Waals surface area contributed by atoms with E-state index in [9.17, 15) is 0 Å². The third kappa shape index (κ3) is 2.87. The van der Waals surface area contributed by atoms with E-state index in [0.717, 1.165) is 18.1 Å². The summed E-state index contributed by atoms with van der Waals surface area (Å²) in [6.07, 6.45) is 4.61. The molecule has 0 fully saturated rings. The van der Waals surface area contributed by atoms with Gasteiger partial charge in [0.05, 0.1) is 12.8 Å². The summed E-state index contributed by atoms with van der Waals surface area (Å²) in [4.78, 5) is 8.01. The molecule has 0 N–H and O–H groups in total. The van der Waals surface area contributed by atoms with Gasteiger partial charge in [0.2, 0.25) is 0 Å². The first-order valence-corrected chi connectivity index (χ1v) is 11.2. The standard InChI is InChI=1S/C26H23NOS.ClH/c1-15-7-12-20-22(13-15)29-26-24(20)23(16-8-10-18(28-2)11-9-16)21-14-17-5-3-4-6-19(17)25(21)27-26;/h3-6,8-11,15H,7,12-14H2,1-2H3;1H. The fraction of sp³-hybridized carbons (Fsp3) is 0.269. The molecule has 0 bridgehead atoms. The number of aryl methyl sites for hydroxylation is 1. The van der Waals surface area contributed by atoms with Crippen LogP contribution in [-0.2, 0) is 19.3 Å². The van der Waals surface area contributed by atoms with Crippen LogP contribution in [0.15, 0.2) is 48.5 Å². The number of rotatable bonds is 2. The molecule has 0 radical (unpaired) electrons. The summed E-state index contributed by atoms with van der Waals surface area (Å²) < 4.78 is 5.41. The van der Waals surface area contributed by atoms with Crippen molar-refractivity contribution in [2.24, 2.45) is 5.92 Å². The maximum atomic E-state index is 5.41. The van der Waals surface area contributed by atoms with Crippen LogP contribution in [-0.4, -0.2) is 12.1 Å². The molecule has 1 unspecified atom stereocenters. The van der Waals surface area contributed by atoms with Gasteiger partial charge >= 0.3 is 0 Å². The smallest absolute Gasteiger partial charge is 0.125 e. The highest BCUT2D eigenvalue weighted by Gasteiger charge is 2.29. The van der Waals surface area contributed by atoms with Gasteiger partial charge in [-0.05, 0) is 65.1 Å². The highest BCUT2D eigenvalue weighted by atomic mass is 35.5. The first-order chi connectivity index (χ1) is 14.2. The zero-order valence-corrected chi connectivity index (χ0v) is 18.8. The zero-order chi connectivity index (χ0) is 19.5. The van der Waals surface area contributed by atoms with Crippen molar-refractivity contribution in [2.45, 2.75) is 32.6 Å². The number of methoxy groups -OCH3 is 1. The van der Waals surface area contributed by atoms with Crippen molar-refractivity contribution in [3.8, 4) is 28.1 Å². The maximum absolute atomic E-state index is 5.41. The van der Waals surface area contributed by atoms with Crippen LogP contribution in [0.2, 0.25) is 0 Å². The summed E-state index contributed by atoms with van der Waals surface area (Å²) in [6, 6.07) is 17.3. The lowest BCUT2D eigenvalue weighted by atomic mass is 9.86. The van der Waals surface area contributed by atoms with Gasteiger partial charge in [-0.3, -0.25) is 0 Å². The van der Waals surface area contributed by atoms with Crippen LogP contribution in [0.4, 0.5) is 0 Å². The van der Waals surface area contributed by atoms with Crippen LogP contribution >= 0.6 is 23.7 Å². The summed E-state index contributed by atoms with van der Waals surface area (Å²) in [5.74, 6) is 1.67. The lowest BCUT2D eigenvalue weighted by Gasteiger charge is -2.19. The number of fused-ring (bicyclic) bond motifs is 6. The number of hydrogen-bond donors (Lipinski definition) is 0. The number of halogens is 1. The molecule has 0 amide bonds. The van der Waals surface area contributed by atoms with E-state index in [1.54, 1.807) is 17.6 Å². The van der Waals surface area contributed by atoms with Gasteiger partial charge in [0.25, 0.3) is 0 Å². The average molecular weight is 434 g/mol. The molecule has 2 aliphatic carbocycles. The van der Waals surface area contributed by atoms with Gasteiger partial charge in [-0.1, -0.05) is 43.3 Å². The van der Waals surface area contributed by atoms with E-state index in [-0.39, 0.29) is 12.4 Å². The summed E-state index contributed by atoms with van der Waals surface area (Å²) >= 11 is 1.92. The van der Waals surface area contributed by atoms with E-state index in [2.05, 4.69) is 55.5 Å². The lowest BCUT2D eigenvalue weighted by molar-refractivity contribution is 0.415. The molecule has 2 nitrogen and oxygen atoms in total. The predicted octanol–water partition coefficient (Wildman–Crippen LogP) is 7.09. The monoisotopic (exact) mass is 433 g/mol. The third-order valence-corrected chi connectivity index (χ3v) is 7.71. The fourth-order valence-corrected chi connectivity index (χ4v) is 6.47. The van der Waals surface area contributed by atoms with Crippen LogP contribution in [0.25, 0.3) is 32.6 Å². The average Bonchev–Trinajstić information content (AvgIpc) is 3.29. The van der Waals surface area contributed by atoms with Gasteiger partial charge in [-0.2, -0.15) is 0 Å². The SMILES string of the molecule is COc1ccc(-c2c3c(nc4sc5c(c24)CCC(C)C5)-c2ccccc2C3)cc1.Cl. The van der Waals surface area contributed by atoms with Crippen LogP contribution in [0, 0.1) is 5.92 Å². The molecule has 2 heterocycles. The van der Waals surface area contributed by atoms with Crippen molar-refractivity contribution in [1.82, 2.24) is 4.98 Å². The van der Waals surface area contributed by atoms with Gasteiger partial charge in [-0.25, -0.2) is 4.98 Å². The normalized spacial score (nSPS) is 16.5. The Morgan fingerprint density at radius 2 is 1.83 bits per heavy atom. The quantitative estimate of drug-likeness (QED) is 0.296. The number of ether oxygens (including phenoxy) is 1. The van der Waals surface area contributed by atoms with E-state index in [1.807, 2.05) is 11.3 Å². The molecular formula is C26H24ClNOS. The Kier molecular flexibility index (Phi) is 4.83. The molecule has 1 atom stereocenters. The van der Waals surface area contributed by atoms with Crippen LogP contribution in [0.1, 0.15) is 34.9 Å². The Hall–Kier alpha value is -2.36. The largest absolute Gasteiger partial charge is 0.497 e. The number of nitrogens with zero attached hydrogens (tertiary/aromatic N) is 1.